The maximum absolute atomic E-state index is 11.2. The van der Waals surface area contributed by atoms with Crippen molar-refractivity contribution in [3.8, 4) is 0 Å². The van der Waals surface area contributed by atoms with Crippen LogP contribution in [0.25, 0.3) is 0 Å². The molecular formula is C14H14BrN3O. The second-order valence-corrected chi connectivity index (χ2v) is 5.07. The maximum atomic E-state index is 11.2. The number of halogens is 1. The third-order valence-electron chi connectivity index (χ3n) is 2.70. The molecule has 5 N–H and O–H groups in total. The van der Waals surface area contributed by atoms with Crippen molar-refractivity contribution in [1.82, 2.24) is 0 Å². The normalized spacial score (nSPS) is 10.2. The van der Waals surface area contributed by atoms with Crippen LogP contribution in [-0.2, 0) is 6.54 Å². The van der Waals surface area contributed by atoms with E-state index in [1.54, 1.807) is 12.1 Å². The molecule has 0 saturated carbocycles. The first-order valence-corrected chi connectivity index (χ1v) is 6.53. The largest absolute Gasteiger partial charge is 0.398 e. The number of carbonyl (C=O) groups is 1. The highest BCUT2D eigenvalue weighted by Crippen LogP contribution is 2.19. The lowest BCUT2D eigenvalue weighted by molar-refractivity contribution is 0.100. The molecule has 0 aromatic heterocycles. The molecule has 0 unspecified atom stereocenters. The fraction of sp³-hybridized carbons (Fsp3) is 0.0714. The number of anilines is 2. The zero-order chi connectivity index (χ0) is 13.8. The van der Waals surface area contributed by atoms with Gasteiger partial charge in [-0.1, -0.05) is 28.1 Å². The van der Waals surface area contributed by atoms with Crippen LogP contribution in [-0.4, -0.2) is 5.91 Å². The van der Waals surface area contributed by atoms with Crippen molar-refractivity contribution in [1.29, 1.82) is 0 Å². The molecule has 0 aliphatic rings. The quantitative estimate of drug-likeness (QED) is 0.758. The number of rotatable bonds is 4. The first-order chi connectivity index (χ1) is 9.06. The zero-order valence-electron chi connectivity index (χ0n) is 10.2. The first kappa shape index (κ1) is 13.4. The molecule has 19 heavy (non-hydrogen) atoms. The Labute approximate surface area is 119 Å². The highest BCUT2D eigenvalue weighted by molar-refractivity contribution is 9.10. The molecule has 0 spiro atoms. The molecule has 98 valence electrons. The number of benzene rings is 2. The minimum absolute atomic E-state index is 0.333. The van der Waals surface area contributed by atoms with Crippen LogP contribution < -0.4 is 16.8 Å². The molecule has 0 atom stereocenters. The van der Waals surface area contributed by atoms with Gasteiger partial charge in [-0.05, 0) is 35.9 Å². The number of primary amides is 1. The molecule has 5 heteroatoms. The van der Waals surface area contributed by atoms with Gasteiger partial charge in [0, 0.05) is 22.4 Å². The van der Waals surface area contributed by atoms with Crippen LogP contribution in [0.4, 0.5) is 11.4 Å². The van der Waals surface area contributed by atoms with E-state index < -0.39 is 5.91 Å². The second-order valence-electron chi connectivity index (χ2n) is 4.15. The number of hydrogen-bond acceptors (Lipinski definition) is 3. The summed E-state index contributed by atoms with van der Waals surface area (Å²) in [6.45, 7) is 0.654. The Bertz CT molecular complexity index is 613. The van der Waals surface area contributed by atoms with Gasteiger partial charge in [0.2, 0.25) is 0 Å². The fourth-order valence-electron chi connectivity index (χ4n) is 1.73. The van der Waals surface area contributed by atoms with Crippen LogP contribution in [0.3, 0.4) is 0 Å². The summed E-state index contributed by atoms with van der Waals surface area (Å²) in [6.07, 6.45) is 0. The minimum atomic E-state index is -0.524. The molecule has 0 heterocycles. The van der Waals surface area contributed by atoms with Crippen molar-refractivity contribution in [2.24, 2.45) is 5.73 Å². The molecule has 0 fully saturated rings. The molecule has 0 saturated heterocycles. The Balaban J connectivity index is 2.12. The summed E-state index contributed by atoms with van der Waals surface area (Å²) in [6, 6.07) is 13.1. The van der Waals surface area contributed by atoms with Crippen molar-refractivity contribution < 1.29 is 4.79 Å². The van der Waals surface area contributed by atoms with Crippen LogP contribution in [0, 0.1) is 0 Å². The number of carbonyl (C=O) groups excluding carboxylic acids is 1. The highest BCUT2D eigenvalue weighted by Gasteiger charge is 2.06. The Hall–Kier alpha value is -2.01. The average molecular weight is 320 g/mol. The van der Waals surface area contributed by atoms with E-state index in [9.17, 15) is 4.79 Å². The van der Waals surface area contributed by atoms with Crippen molar-refractivity contribution in [2.75, 3.05) is 11.1 Å². The number of amides is 1. The van der Waals surface area contributed by atoms with Gasteiger partial charge in [-0.3, -0.25) is 4.79 Å². The summed E-state index contributed by atoms with van der Waals surface area (Å²) in [7, 11) is 0. The molecular weight excluding hydrogens is 306 g/mol. The smallest absolute Gasteiger partial charge is 0.250 e. The third-order valence-corrected chi connectivity index (χ3v) is 3.20. The van der Waals surface area contributed by atoms with Gasteiger partial charge in [-0.25, -0.2) is 0 Å². The monoisotopic (exact) mass is 319 g/mol. The highest BCUT2D eigenvalue weighted by atomic mass is 79.9. The van der Waals surface area contributed by atoms with E-state index in [-0.39, 0.29) is 0 Å². The Kier molecular flexibility index (Phi) is 4.06. The number of hydrogen-bond donors (Lipinski definition) is 3. The topological polar surface area (TPSA) is 81.1 Å². The Morgan fingerprint density at radius 1 is 1.21 bits per heavy atom. The van der Waals surface area contributed by atoms with Gasteiger partial charge in [0.05, 0.1) is 5.56 Å². The van der Waals surface area contributed by atoms with E-state index in [0.29, 0.717) is 17.8 Å². The maximum Gasteiger partial charge on any atom is 0.250 e. The lowest BCUT2D eigenvalue weighted by atomic mass is 10.1. The third kappa shape index (κ3) is 3.48. The van der Waals surface area contributed by atoms with Gasteiger partial charge < -0.3 is 16.8 Å². The van der Waals surface area contributed by atoms with Crippen LogP contribution >= 0.6 is 15.9 Å². The average Bonchev–Trinajstić information content (AvgIpc) is 2.37. The summed E-state index contributed by atoms with van der Waals surface area (Å²) < 4.78 is 1.03. The van der Waals surface area contributed by atoms with Gasteiger partial charge >= 0.3 is 0 Å². The van der Waals surface area contributed by atoms with E-state index in [1.807, 2.05) is 30.3 Å². The van der Waals surface area contributed by atoms with E-state index >= 15 is 0 Å². The van der Waals surface area contributed by atoms with E-state index in [4.69, 9.17) is 11.5 Å². The zero-order valence-corrected chi connectivity index (χ0v) is 11.8. The van der Waals surface area contributed by atoms with Gasteiger partial charge in [0.1, 0.15) is 0 Å². The lowest BCUT2D eigenvalue weighted by Crippen LogP contribution is -2.14. The van der Waals surface area contributed by atoms with E-state index in [0.717, 1.165) is 15.7 Å². The summed E-state index contributed by atoms with van der Waals surface area (Å²) in [4.78, 5) is 11.2. The molecule has 4 nitrogen and oxygen atoms in total. The van der Waals surface area contributed by atoms with E-state index in [1.165, 1.54) is 0 Å². The van der Waals surface area contributed by atoms with Gasteiger partial charge in [-0.15, -0.1) is 0 Å². The van der Waals surface area contributed by atoms with Crippen molar-refractivity contribution in [3.05, 3.63) is 58.1 Å². The SMILES string of the molecule is NC(=O)c1cc(NCc2cccc(Br)c2)ccc1N. The number of nitrogens with two attached hydrogens (primary N) is 2. The van der Waals surface area contributed by atoms with Gasteiger partial charge in [0.15, 0.2) is 0 Å². The standard InChI is InChI=1S/C14H14BrN3O/c15-10-3-1-2-9(6-10)8-18-11-4-5-13(16)12(7-11)14(17)19/h1-7,18H,8,16H2,(H2,17,19). The van der Waals surface area contributed by atoms with Crippen LogP contribution in [0.2, 0.25) is 0 Å². The van der Waals surface area contributed by atoms with Crippen LogP contribution in [0.15, 0.2) is 46.9 Å². The molecule has 0 bridgehead atoms. The summed E-state index contributed by atoms with van der Waals surface area (Å²) in [5.74, 6) is -0.524. The second kappa shape index (κ2) is 5.75. The molecule has 0 aliphatic heterocycles. The summed E-state index contributed by atoms with van der Waals surface area (Å²) in [5, 5.41) is 3.23. The predicted octanol–water partition coefficient (Wildman–Crippen LogP) is 2.74. The van der Waals surface area contributed by atoms with Crippen molar-refractivity contribution in [3.63, 3.8) is 0 Å². The van der Waals surface area contributed by atoms with E-state index in [2.05, 4.69) is 21.2 Å². The van der Waals surface area contributed by atoms with Crippen molar-refractivity contribution in [2.45, 2.75) is 6.54 Å². The predicted molar refractivity (Wildman–Crippen MR) is 80.8 cm³/mol. The summed E-state index contributed by atoms with van der Waals surface area (Å²) >= 11 is 3.42. The molecule has 1 amide bonds. The first-order valence-electron chi connectivity index (χ1n) is 5.74. The Morgan fingerprint density at radius 2 is 2.00 bits per heavy atom. The van der Waals surface area contributed by atoms with Crippen LogP contribution in [0.1, 0.15) is 15.9 Å². The molecule has 2 aromatic rings. The van der Waals surface area contributed by atoms with Gasteiger partial charge in [0.25, 0.3) is 5.91 Å². The Morgan fingerprint density at radius 3 is 2.68 bits per heavy atom. The van der Waals surface area contributed by atoms with Crippen molar-refractivity contribution >= 4 is 33.2 Å². The van der Waals surface area contributed by atoms with Gasteiger partial charge in [-0.2, -0.15) is 0 Å². The molecule has 0 radical (unpaired) electrons. The number of nitrogens with one attached hydrogen (secondary N) is 1. The molecule has 2 rings (SSSR count). The minimum Gasteiger partial charge on any atom is -0.398 e. The molecule has 0 aliphatic carbocycles. The molecule has 2 aromatic carbocycles. The van der Waals surface area contributed by atoms with Crippen LogP contribution in [0.5, 0.6) is 0 Å². The number of nitrogen functional groups attached to an aromatic ring is 1. The summed E-state index contributed by atoms with van der Waals surface area (Å²) in [5.41, 5.74) is 13.6. The lowest BCUT2D eigenvalue weighted by Gasteiger charge is -2.09. The fourth-order valence-corrected chi connectivity index (χ4v) is 2.18.